The van der Waals surface area contributed by atoms with E-state index in [0.29, 0.717) is 0 Å². The van der Waals surface area contributed by atoms with E-state index in [9.17, 15) is 14.4 Å². The third-order valence-electron chi connectivity index (χ3n) is 2.08. The van der Waals surface area contributed by atoms with Gasteiger partial charge >= 0.3 is 5.97 Å². The van der Waals surface area contributed by atoms with Crippen LogP contribution in [0.5, 0.6) is 0 Å². The molecule has 0 radical (unpaired) electrons. The fourth-order valence-corrected chi connectivity index (χ4v) is 1.19. The number of rotatable bonds is 6. The van der Waals surface area contributed by atoms with Crippen LogP contribution in [0.15, 0.2) is 18.6 Å². The summed E-state index contributed by atoms with van der Waals surface area (Å²) in [5.74, 6) is -2.54. The van der Waals surface area contributed by atoms with Crippen LogP contribution < -0.4 is 11.1 Å². The lowest BCUT2D eigenvalue weighted by molar-refractivity contribution is -0.139. The number of carbonyl (C=O) groups excluding carboxylic acids is 2. The molecule has 0 spiro atoms. The molecule has 0 saturated heterocycles. The minimum absolute atomic E-state index is 0.00262. The molecule has 0 saturated carbocycles. The smallest absolute Gasteiger partial charge is 0.326 e. The second-order valence-corrected chi connectivity index (χ2v) is 3.46. The second kappa shape index (κ2) is 6.28. The van der Waals surface area contributed by atoms with Crippen LogP contribution in [0.3, 0.4) is 0 Å². The number of aromatic nitrogens is 2. The van der Waals surface area contributed by atoms with Crippen LogP contribution >= 0.6 is 0 Å². The molecular weight excluding hydrogens is 240 g/mol. The van der Waals surface area contributed by atoms with Crippen molar-refractivity contribution in [1.82, 2.24) is 15.3 Å². The van der Waals surface area contributed by atoms with Gasteiger partial charge in [-0.3, -0.25) is 14.6 Å². The average molecular weight is 252 g/mol. The van der Waals surface area contributed by atoms with Crippen molar-refractivity contribution in [2.24, 2.45) is 5.73 Å². The van der Waals surface area contributed by atoms with Crippen molar-refractivity contribution in [3.8, 4) is 0 Å². The van der Waals surface area contributed by atoms with Gasteiger partial charge in [-0.1, -0.05) is 0 Å². The van der Waals surface area contributed by atoms with Gasteiger partial charge in [0.2, 0.25) is 5.91 Å². The van der Waals surface area contributed by atoms with E-state index in [-0.39, 0.29) is 18.5 Å². The summed E-state index contributed by atoms with van der Waals surface area (Å²) in [5.41, 5.74) is 4.92. The van der Waals surface area contributed by atoms with Crippen LogP contribution in [0.25, 0.3) is 0 Å². The monoisotopic (exact) mass is 252 g/mol. The highest BCUT2D eigenvalue weighted by Gasteiger charge is 2.21. The first-order chi connectivity index (χ1) is 8.50. The van der Waals surface area contributed by atoms with E-state index in [1.54, 1.807) is 0 Å². The lowest BCUT2D eigenvalue weighted by atomic mass is 10.1. The first-order valence-electron chi connectivity index (χ1n) is 5.08. The molecule has 0 aliphatic heterocycles. The van der Waals surface area contributed by atoms with Crippen LogP contribution in [0.4, 0.5) is 0 Å². The number of amides is 2. The molecule has 0 aliphatic rings. The van der Waals surface area contributed by atoms with E-state index in [4.69, 9.17) is 10.8 Å². The Morgan fingerprint density at radius 1 is 1.39 bits per heavy atom. The van der Waals surface area contributed by atoms with Crippen molar-refractivity contribution in [2.75, 3.05) is 0 Å². The Bertz CT molecular complexity index is 448. The van der Waals surface area contributed by atoms with Crippen LogP contribution in [0, 0.1) is 0 Å². The van der Waals surface area contributed by atoms with E-state index < -0.39 is 23.8 Å². The fourth-order valence-electron chi connectivity index (χ4n) is 1.19. The number of hydrogen-bond donors (Lipinski definition) is 3. The zero-order valence-corrected chi connectivity index (χ0v) is 9.37. The molecule has 8 heteroatoms. The Morgan fingerprint density at radius 2 is 2.11 bits per heavy atom. The van der Waals surface area contributed by atoms with Gasteiger partial charge in [0.1, 0.15) is 11.7 Å². The standard InChI is InChI=1S/C10H12N4O4/c11-8(15)2-1-6(10(17)18)14-9(16)7-5-12-3-4-13-7/h3-6H,1-2H2,(H2,11,15)(H,14,16)(H,17,18). The van der Waals surface area contributed by atoms with Crippen molar-refractivity contribution >= 4 is 17.8 Å². The summed E-state index contributed by atoms with van der Waals surface area (Å²) in [7, 11) is 0. The second-order valence-electron chi connectivity index (χ2n) is 3.46. The molecular formula is C10H12N4O4. The van der Waals surface area contributed by atoms with Crippen molar-refractivity contribution in [2.45, 2.75) is 18.9 Å². The maximum absolute atomic E-state index is 11.6. The number of nitrogens with zero attached hydrogens (tertiary/aromatic N) is 2. The summed E-state index contributed by atoms with van der Waals surface area (Å²) >= 11 is 0. The summed E-state index contributed by atoms with van der Waals surface area (Å²) in [6.45, 7) is 0. The third kappa shape index (κ3) is 4.16. The predicted octanol–water partition coefficient (Wildman–Crippen LogP) is -1.07. The number of nitrogens with two attached hydrogens (primary N) is 1. The molecule has 4 N–H and O–H groups in total. The van der Waals surface area contributed by atoms with Gasteiger partial charge in [-0.15, -0.1) is 0 Å². The highest BCUT2D eigenvalue weighted by molar-refractivity contribution is 5.94. The quantitative estimate of drug-likeness (QED) is 0.589. The largest absolute Gasteiger partial charge is 0.480 e. The molecule has 8 nitrogen and oxygen atoms in total. The molecule has 1 aromatic heterocycles. The lowest BCUT2D eigenvalue weighted by Gasteiger charge is -2.12. The number of hydrogen-bond acceptors (Lipinski definition) is 5. The molecule has 1 heterocycles. The lowest BCUT2D eigenvalue weighted by Crippen LogP contribution is -2.41. The Labute approximate surface area is 102 Å². The summed E-state index contributed by atoms with van der Waals surface area (Å²) in [4.78, 5) is 40.5. The molecule has 2 amide bonds. The van der Waals surface area contributed by atoms with E-state index in [0.717, 1.165) is 0 Å². The van der Waals surface area contributed by atoms with E-state index in [1.165, 1.54) is 18.6 Å². The molecule has 1 atom stereocenters. The summed E-state index contributed by atoms with van der Waals surface area (Å²) in [5, 5.41) is 11.1. The van der Waals surface area contributed by atoms with Gasteiger partial charge in [-0.2, -0.15) is 0 Å². The van der Waals surface area contributed by atoms with Gasteiger partial charge in [-0.05, 0) is 6.42 Å². The average Bonchev–Trinajstić information content (AvgIpc) is 2.34. The number of carboxylic acid groups (broad SMARTS) is 1. The number of carbonyl (C=O) groups is 3. The van der Waals surface area contributed by atoms with Crippen molar-refractivity contribution in [3.05, 3.63) is 24.3 Å². The van der Waals surface area contributed by atoms with Crippen LogP contribution in [0.2, 0.25) is 0 Å². The minimum atomic E-state index is -1.24. The first kappa shape index (κ1) is 13.6. The maximum Gasteiger partial charge on any atom is 0.326 e. The molecule has 18 heavy (non-hydrogen) atoms. The third-order valence-corrected chi connectivity index (χ3v) is 2.08. The molecule has 1 rings (SSSR count). The van der Waals surface area contributed by atoms with E-state index >= 15 is 0 Å². The first-order valence-corrected chi connectivity index (χ1v) is 5.08. The summed E-state index contributed by atoms with van der Waals surface area (Å²) in [6.07, 6.45) is 3.71. The van der Waals surface area contributed by atoms with Gasteiger partial charge in [0.15, 0.2) is 0 Å². The highest BCUT2D eigenvalue weighted by Crippen LogP contribution is 1.99. The van der Waals surface area contributed by atoms with Gasteiger partial charge < -0.3 is 16.2 Å². The topological polar surface area (TPSA) is 135 Å². The maximum atomic E-state index is 11.6. The van der Waals surface area contributed by atoms with Crippen LogP contribution in [0.1, 0.15) is 23.3 Å². The molecule has 1 aromatic rings. The molecule has 0 aromatic carbocycles. The van der Waals surface area contributed by atoms with Crippen LogP contribution in [-0.2, 0) is 9.59 Å². The van der Waals surface area contributed by atoms with Crippen molar-refractivity contribution < 1.29 is 19.5 Å². The van der Waals surface area contributed by atoms with Crippen molar-refractivity contribution in [3.63, 3.8) is 0 Å². The Hall–Kier alpha value is -2.51. The number of primary amides is 1. The Balaban J connectivity index is 2.64. The molecule has 96 valence electrons. The van der Waals surface area contributed by atoms with Gasteiger partial charge in [0.05, 0.1) is 6.20 Å². The zero-order valence-electron chi connectivity index (χ0n) is 9.37. The molecule has 0 aliphatic carbocycles. The molecule has 1 unspecified atom stereocenters. The van der Waals surface area contributed by atoms with Gasteiger partial charge in [0.25, 0.3) is 5.91 Å². The number of carboxylic acids is 1. The SMILES string of the molecule is NC(=O)CCC(NC(=O)c1cnccn1)C(=O)O. The minimum Gasteiger partial charge on any atom is -0.480 e. The van der Waals surface area contributed by atoms with Gasteiger partial charge in [0, 0.05) is 18.8 Å². The Morgan fingerprint density at radius 3 is 2.61 bits per heavy atom. The number of aliphatic carboxylic acids is 1. The van der Waals surface area contributed by atoms with Gasteiger partial charge in [-0.25, -0.2) is 9.78 Å². The predicted molar refractivity (Wildman–Crippen MR) is 59.4 cm³/mol. The molecule has 0 fully saturated rings. The van der Waals surface area contributed by atoms with Crippen molar-refractivity contribution in [1.29, 1.82) is 0 Å². The highest BCUT2D eigenvalue weighted by atomic mass is 16.4. The Kier molecular flexibility index (Phi) is 4.73. The normalized spacial score (nSPS) is 11.6. The van der Waals surface area contributed by atoms with E-state index in [1.807, 2.05) is 0 Å². The molecule has 0 bridgehead atoms. The summed E-state index contributed by atoms with van der Waals surface area (Å²) < 4.78 is 0. The number of nitrogens with one attached hydrogen (secondary N) is 1. The summed E-state index contributed by atoms with van der Waals surface area (Å²) in [6, 6.07) is -1.19. The van der Waals surface area contributed by atoms with Crippen LogP contribution in [-0.4, -0.2) is 38.9 Å². The van der Waals surface area contributed by atoms with E-state index in [2.05, 4.69) is 15.3 Å². The fraction of sp³-hybridized carbons (Fsp3) is 0.300. The zero-order chi connectivity index (χ0) is 13.5.